The molecule has 4 heteroatoms. The first-order valence-electron chi connectivity index (χ1n) is 8.18. The van der Waals surface area contributed by atoms with Crippen LogP contribution in [0.4, 0.5) is 4.39 Å². The van der Waals surface area contributed by atoms with Crippen LogP contribution in [0.3, 0.4) is 0 Å². The zero-order valence-electron chi connectivity index (χ0n) is 14.1. The van der Waals surface area contributed by atoms with E-state index in [-0.39, 0.29) is 24.2 Å². The van der Waals surface area contributed by atoms with Gasteiger partial charge in [-0.05, 0) is 43.0 Å². The van der Waals surface area contributed by atoms with Gasteiger partial charge in [-0.3, -0.25) is 4.79 Å². The molecule has 2 unspecified atom stereocenters. The molecule has 1 amide bonds. The van der Waals surface area contributed by atoms with E-state index in [9.17, 15) is 14.3 Å². The van der Waals surface area contributed by atoms with E-state index in [0.29, 0.717) is 12.8 Å². The van der Waals surface area contributed by atoms with Crippen molar-refractivity contribution in [1.82, 2.24) is 5.32 Å². The van der Waals surface area contributed by atoms with Gasteiger partial charge in [0.25, 0.3) is 0 Å². The van der Waals surface area contributed by atoms with E-state index in [1.807, 2.05) is 43.3 Å². The number of carbonyl (C=O) groups is 1. The Bertz CT molecular complexity index is 670. The predicted octanol–water partition coefficient (Wildman–Crippen LogP) is 3.42. The number of hydrogen-bond donors (Lipinski definition) is 2. The molecule has 0 saturated heterocycles. The SMILES string of the molecule is CC(CCc1cccc(F)c1)C(=O)NCC(C)(O)c1ccccc1. The number of nitrogens with one attached hydrogen (secondary N) is 1. The number of hydrogen-bond acceptors (Lipinski definition) is 2. The maximum Gasteiger partial charge on any atom is 0.222 e. The van der Waals surface area contributed by atoms with Crippen molar-refractivity contribution in [2.24, 2.45) is 5.92 Å². The third-order valence-electron chi connectivity index (χ3n) is 4.21. The Balaban J connectivity index is 1.83. The van der Waals surface area contributed by atoms with Gasteiger partial charge in [0.15, 0.2) is 0 Å². The minimum absolute atomic E-state index is 0.109. The molecule has 0 heterocycles. The summed E-state index contributed by atoms with van der Waals surface area (Å²) in [5.41, 5.74) is 0.530. The molecule has 128 valence electrons. The summed E-state index contributed by atoms with van der Waals surface area (Å²) in [7, 11) is 0. The molecule has 2 aromatic rings. The van der Waals surface area contributed by atoms with E-state index in [1.165, 1.54) is 12.1 Å². The van der Waals surface area contributed by atoms with Gasteiger partial charge in [-0.25, -0.2) is 4.39 Å². The normalized spacial score (nSPS) is 14.7. The molecule has 2 rings (SSSR count). The summed E-state index contributed by atoms with van der Waals surface area (Å²) in [6, 6.07) is 15.7. The minimum Gasteiger partial charge on any atom is -0.384 e. The summed E-state index contributed by atoms with van der Waals surface area (Å²) < 4.78 is 13.2. The predicted molar refractivity (Wildman–Crippen MR) is 92.9 cm³/mol. The van der Waals surface area contributed by atoms with Crippen molar-refractivity contribution < 1.29 is 14.3 Å². The van der Waals surface area contributed by atoms with Gasteiger partial charge < -0.3 is 10.4 Å². The monoisotopic (exact) mass is 329 g/mol. The van der Waals surface area contributed by atoms with Crippen molar-refractivity contribution in [2.45, 2.75) is 32.3 Å². The van der Waals surface area contributed by atoms with Crippen molar-refractivity contribution in [3.05, 3.63) is 71.5 Å². The van der Waals surface area contributed by atoms with E-state index in [2.05, 4.69) is 5.32 Å². The van der Waals surface area contributed by atoms with Gasteiger partial charge in [0.2, 0.25) is 5.91 Å². The lowest BCUT2D eigenvalue weighted by atomic mass is 9.95. The quantitative estimate of drug-likeness (QED) is 0.818. The lowest BCUT2D eigenvalue weighted by molar-refractivity contribution is -0.125. The Morgan fingerprint density at radius 2 is 1.92 bits per heavy atom. The number of halogens is 1. The van der Waals surface area contributed by atoms with Crippen LogP contribution in [0.2, 0.25) is 0 Å². The van der Waals surface area contributed by atoms with E-state index in [0.717, 1.165) is 11.1 Å². The molecular weight excluding hydrogens is 305 g/mol. The molecule has 2 aromatic carbocycles. The summed E-state index contributed by atoms with van der Waals surface area (Å²) in [5.74, 6) is -0.578. The van der Waals surface area contributed by atoms with Crippen molar-refractivity contribution in [3.63, 3.8) is 0 Å². The Labute approximate surface area is 142 Å². The molecule has 0 aliphatic heterocycles. The first kappa shape index (κ1) is 18.1. The third kappa shape index (κ3) is 5.17. The fourth-order valence-corrected chi connectivity index (χ4v) is 2.54. The summed E-state index contributed by atoms with van der Waals surface area (Å²) in [4.78, 5) is 12.2. The summed E-state index contributed by atoms with van der Waals surface area (Å²) in [6.45, 7) is 3.67. The fourth-order valence-electron chi connectivity index (χ4n) is 2.54. The lowest BCUT2D eigenvalue weighted by Crippen LogP contribution is -2.40. The molecule has 0 aromatic heterocycles. The highest BCUT2D eigenvalue weighted by Gasteiger charge is 2.24. The number of rotatable bonds is 7. The number of amides is 1. The Hall–Kier alpha value is -2.20. The van der Waals surface area contributed by atoms with Gasteiger partial charge in [0, 0.05) is 5.92 Å². The number of benzene rings is 2. The van der Waals surface area contributed by atoms with E-state index in [4.69, 9.17) is 0 Å². The van der Waals surface area contributed by atoms with Crippen LogP contribution < -0.4 is 5.32 Å². The molecule has 0 spiro atoms. The second-order valence-corrected chi connectivity index (χ2v) is 6.43. The molecule has 3 nitrogen and oxygen atoms in total. The zero-order valence-corrected chi connectivity index (χ0v) is 14.1. The van der Waals surface area contributed by atoms with Crippen LogP contribution in [-0.2, 0) is 16.8 Å². The first-order valence-corrected chi connectivity index (χ1v) is 8.18. The highest BCUT2D eigenvalue weighted by molar-refractivity contribution is 5.78. The number of aryl methyl sites for hydroxylation is 1. The largest absolute Gasteiger partial charge is 0.384 e. The second kappa shape index (κ2) is 8.06. The van der Waals surface area contributed by atoms with Crippen molar-refractivity contribution >= 4 is 5.91 Å². The molecular formula is C20H24FNO2. The second-order valence-electron chi connectivity index (χ2n) is 6.43. The van der Waals surface area contributed by atoms with Crippen LogP contribution in [0.25, 0.3) is 0 Å². The Morgan fingerprint density at radius 3 is 2.58 bits per heavy atom. The van der Waals surface area contributed by atoms with Crippen LogP contribution in [0.5, 0.6) is 0 Å². The summed E-state index contributed by atoms with van der Waals surface area (Å²) in [5, 5.41) is 13.3. The zero-order chi connectivity index (χ0) is 17.6. The standard InChI is InChI=1S/C20H24FNO2/c1-15(11-12-16-7-6-10-18(21)13-16)19(23)22-14-20(2,24)17-8-4-3-5-9-17/h3-10,13,15,24H,11-12,14H2,1-2H3,(H,22,23). The molecule has 0 fully saturated rings. The highest BCUT2D eigenvalue weighted by Crippen LogP contribution is 2.19. The summed E-state index contributed by atoms with van der Waals surface area (Å²) >= 11 is 0. The van der Waals surface area contributed by atoms with Crippen LogP contribution in [0.15, 0.2) is 54.6 Å². The maximum atomic E-state index is 13.2. The smallest absolute Gasteiger partial charge is 0.222 e. The van der Waals surface area contributed by atoms with E-state index >= 15 is 0 Å². The van der Waals surface area contributed by atoms with Gasteiger partial charge in [-0.1, -0.05) is 49.4 Å². The molecule has 0 bridgehead atoms. The number of aliphatic hydroxyl groups is 1. The Kier molecular flexibility index (Phi) is 6.10. The van der Waals surface area contributed by atoms with Crippen LogP contribution in [0, 0.1) is 11.7 Å². The lowest BCUT2D eigenvalue weighted by Gasteiger charge is -2.25. The van der Waals surface area contributed by atoms with Gasteiger partial charge >= 0.3 is 0 Å². The van der Waals surface area contributed by atoms with Crippen molar-refractivity contribution in [2.75, 3.05) is 6.54 Å². The molecule has 2 N–H and O–H groups in total. The molecule has 0 radical (unpaired) electrons. The first-order chi connectivity index (χ1) is 11.4. The molecule has 0 aliphatic carbocycles. The minimum atomic E-state index is -1.11. The van der Waals surface area contributed by atoms with Gasteiger partial charge in [-0.2, -0.15) is 0 Å². The van der Waals surface area contributed by atoms with Crippen LogP contribution >= 0.6 is 0 Å². The fraction of sp³-hybridized carbons (Fsp3) is 0.350. The highest BCUT2D eigenvalue weighted by atomic mass is 19.1. The van der Waals surface area contributed by atoms with Crippen LogP contribution in [-0.4, -0.2) is 17.6 Å². The average Bonchev–Trinajstić information content (AvgIpc) is 2.58. The van der Waals surface area contributed by atoms with Crippen molar-refractivity contribution in [1.29, 1.82) is 0 Å². The van der Waals surface area contributed by atoms with E-state index in [1.54, 1.807) is 13.0 Å². The van der Waals surface area contributed by atoms with Crippen molar-refractivity contribution in [3.8, 4) is 0 Å². The average molecular weight is 329 g/mol. The Morgan fingerprint density at radius 1 is 1.21 bits per heavy atom. The number of carbonyl (C=O) groups excluding carboxylic acids is 1. The van der Waals surface area contributed by atoms with Crippen LogP contribution in [0.1, 0.15) is 31.4 Å². The van der Waals surface area contributed by atoms with Gasteiger partial charge in [-0.15, -0.1) is 0 Å². The summed E-state index contributed by atoms with van der Waals surface area (Å²) in [6.07, 6.45) is 1.27. The molecule has 24 heavy (non-hydrogen) atoms. The van der Waals surface area contributed by atoms with Gasteiger partial charge in [0.05, 0.1) is 6.54 Å². The van der Waals surface area contributed by atoms with E-state index < -0.39 is 5.60 Å². The molecule has 0 saturated carbocycles. The third-order valence-corrected chi connectivity index (χ3v) is 4.21. The maximum absolute atomic E-state index is 13.2. The molecule has 0 aliphatic rings. The topological polar surface area (TPSA) is 49.3 Å². The van der Waals surface area contributed by atoms with Gasteiger partial charge in [0.1, 0.15) is 11.4 Å². The molecule has 2 atom stereocenters.